The summed E-state index contributed by atoms with van der Waals surface area (Å²) in [4.78, 5) is 16.8. The number of hydrogen-bond acceptors (Lipinski definition) is 3. The van der Waals surface area contributed by atoms with E-state index in [-0.39, 0.29) is 12.4 Å². The minimum absolute atomic E-state index is 0. The van der Waals surface area contributed by atoms with E-state index in [2.05, 4.69) is 39.5 Å². The molecule has 1 aliphatic heterocycles. The van der Waals surface area contributed by atoms with E-state index in [1.54, 1.807) is 0 Å². The summed E-state index contributed by atoms with van der Waals surface area (Å²) in [6, 6.07) is 18.5. The Labute approximate surface area is 160 Å². The van der Waals surface area contributed by atoms with Gasteiger partial charge in [0.1, 0.15) is 5.82 Å². The number of carbonyl (C=O) groups excluding carboxylic acids is 1. The summed E-state index contributed by atoms with van der Waals surface area (Å²) in [6.45, 7) is 7.23. The van der Waals surface area contributed by atoms with Gasteiger partial charge in [-0.1, -0.05) is 43.3 Å². The molecule has 0 saturated carbocycles. The Kier molecular flexibility index (Phi) is 5.64. The summed E-state index contributed by atoms with van der Waals surface area (Å²) < 4.78 is 2.24. The van der Waals surface area contributed by atoms with Crippen LogP contribution in [0.2, 0.25) is 0 Å². The van der Waals surface area contributed by atoms with E-state index in [4.69, 9.17) is 0 Å². The molecule has 0 unspecified atom stereocenters. The molecule has 1 aliphatic rings. The summed E-state index contributed by atoms with van der Waals surface area (Å²) in [7, 11) is 0. The van der Waals surface area contributed by atoms with Gasteiger partial charge in [-0.05, 0) is 24.7 Å². The summed E-state index contributed by atoms with van der Waals surface area (Å²) in [5, 5.41) is 1.02. The fraction of sp³-hybridized carbons (Fsp3) is 0.286. The van der Waals surface area contributed by atoms with E-state index >= 15 is 0 Å². The summed E-state index contributed by atoms with van der Waals surface area (Å²) in [5.74, 6) is 1.03. The van der Waals surface area contributed by atoms with Crippen LogP contribution in [0.25, 0.3) is 16.6 Å². The van der Waals surface area contributed by atoms with Crippen LogP contribution in [-0.4, -0.2) is 48.5 Å². The van der Waals surface area contributed by atoms with Crippen LogP contribution in [0, 0.1) is 0 Å². The third-order valence-electron chi connectivity index (χ3n) is 5.14. The topological polar surface area (TPSA) is 28.5 Å². The molecule has 26 heavy (non-hydrogen) atoms. The maximum absolute atomic E-state index is 12.0. The first-order valence-corrected chi connectivity index (χ1v) is 8.95. The molecule has 136 valence electrons. The van der Waals surface area contributed by atoms with Gasteiger partial charge in [-0.2, -0.15) is 0 Å². The Morgan fingerprint density at radius 2 is 1.58 bits per heavy atom. The lowest BCUT2D eigenvalue weighted by Crippen LogP contribution is -2.47. The molecule has 0 bridgehead atoms. The van der Waals surface area contributed by atoms with Crippen molar-refractivity contribution in [2.75, 3.05) is 37.6 Å². The molecule has 1 aromatic heterocycles. The molecule has 1 fully saturated rings. The minimum atomic E-state index is 0. The van der Waals surface area contributed by atoms with Gasteiger partial charge in [0, 0.05) is 37.3 Å². The van der Waals surface area contributed by atoms with Gasteiger partial charge in [-0.3, -0.25) is 9.36 Å². The first kappa shape index (κ1) is 18.5. The van der Waals surface area contributed by atoms with Crippen LogP contribution < -0.4 is 4.90 Å². The molecule has 5 heteroatoms. The number of aromatic nitrogens is 1. The van der Waals surface area contributed by atoms with E-state index in [1.807, 2.05) is 36.4 Å². The molecular weight excluding hydrogens is 346 g/mol. The number of carbonyl (C=O) groups is 1. The summed E-state index contributed by atoms with van der Waals surface area (Å²) in [5.41, 5.74) is 2.98. The predicted octanol–water partition coefficient (Wildman–Crippen LogP) is 4.01. The van der Waals surface area contributed by atoms with Crippen LogP contribution in [0.3, 0.4) is 0 Å². The number of halogens is 1. The highest BCUT2D eigenvalue weighted by molar-refractivity contribution is 6.05. The van der Waals surface area contributed by atoms with Gasteiger partial charge in [0.05, 0.1) is 11.1 Å². The van der Waals surface area contributed by atoms with Gasteiger partial charge in [-0.25, -0.2) is 0 Å². The van der Waals surface area contributed by atoms with Crippen LogP contribution in [0.4, 0.5) is 5.82 Å². The number of aldehydes is 1. The molecule has 0 aliphatic carbocycles. The van der Waals surface area contributed by atoms with Crippen LogP contribution in [0.1, 0.15) is 17.3 Å². The van der Waals surface area contributed by atoms with Crippen LogP contribution >= 0.6 is 12.4 Å². The average molecular weight is 370 g/mol. The maximum Gasteiger partial charge on any atom is 0.154 e. The second-order valence-electron chi connectivity index (χ2n) is 6.46. The van der Waals surface area contributed by atoms with Gasteiger partial charge in [0.15, 0.2) is 6.29 Å². The Morgan fingerprint density at radius 3 is 2.23 bits per heavy atom. The third-order valence-corrected chi connectivity index (χ3v) is 5.14. The molecule has 0 N–H and O–H groups in total. The van der Waals surface area contributed by atoms with Gasteiger partial charge in [-0.15, -0.1) is 12.4 Å². The van der Waals surface area contributed by atoms with Gasteiger partial charge < -0.3 is 9.80 Å². The van der Waals surface area contributed by atoms with E-state index in [0.29, 0.717) is 0 Å². The molecule has 3 aromatic rings. The van der Waals surface area contributed by atoms with Gasteiger partial charge in [0.2, 0.25) is 0 Å². The Morgan fingerprint density at radius 1 is 0.923 bits per heavy atom. The lowest BCUT2D eigenvalue weighted by molar-refractivity contribution is 0.112. The van der Waals surface area contributed by atoms with Crippen LogP contribution in [0.5, 0.6) is 0 Å². The van der Waals surface area contributed by atoms with Crippen molar-refractivity contribution in [1.82, 2.24) is 9.47 Å². The molecule has 0 radical (unpaired) electrons. The van der Waals surface area contributed by atoms with Crippen molar-refractivity contribution in [2.24, 2.45) is 0 Å². The molecule has 2 heterocycles. The Bertz CT molecular complexity index is 883. The molecular formula is C21H24ClN3O. The van der Waals surface area contributed by atoms with Crippen molar-refractivity contribution < 1.29 is 4.79 Å². The number of para-hydroxylation sites is 2. The first-order valence-electron chi connectivity index (χ1n) is 8.95. The quantitative estimate of drug-likeness (QED) is 0.650. The van der Waals surface area contributed by atoms with E-state index in [1.165, 1.54) is 0 Å². The van der Waals surface area contributed by atoms with Crippen molar-refractivity contribution in [1.29, 1.82) is 0 Å². The maximum atomic E-state index is 12.0. The Balaban J connectivity index is 0.00000196. The standard InChI is InChI=1S/C21H23N3O.ClH/c1-2-22-12-14-23(15-13-22)21-19(16-25)18-10-6-7-11-20(18)24(21)17-8-4-3-5-9-17;/h3-11,16H,2,12-15H2,1H3;1H. The molecule has 2 aromatic carbocycles. The lowest BCUT2D eigenvalue weighted by atomic mass is 10.1. The van der Waals surface area contributed by atoms with Crippen molar-refractivity contribution >= 4 is 35.4 Å². The number of benzene rings is 2. The Hall–Kier alpha value is -2.30. The molecule has 4 rings (SSSR count). The largest absolute Gasteiger partial charge is 0.355 e. The SMILES string of the molecule is CCN1CCN(c2c(C=O)c3ccccc3n2-c2ccccc2)CC1.Cl. The minimum Gasteiger partial charge on any atom is -0.355 e. The van der Waals surface area contributed by atoms with Crippen LogP contribution in [-0.2, 0) is 0 Å². The normalized spacial score (nSPS) is 15.0. The third kappa shape index (κ3) is 3.11. The van der Waals surface area contributed by atoms with E-state index in [9.17, 15) is 4.79 Å². The number of hydrogen-bond donors (Lipinski definition) is 0. The molecule has 1 saturated heterocycles. The summed E-state index contributed by atoms with van der Waals surface area (Å²) >= 11 is 0. The zero-order valence-corrected chi connectivity index (χ0v) is 15.8. The highest BCUT2D eigenvalue weighted by Gasteiger charge is 2.25. The van der Waals surface area contributed by atoms with Crippen molar-refractivity contribution in [2.45, 2.75) is 6.92 Å². The number of rotatable bonds is 4. The number of anilines is 1. The highest BCUT2D eigenvalue weighted by Crippen LogP contribution is 2.35. The average Bonchev–Trinajstić information content (AvgIpc) is 3.03. The summed E-state index contributed by atoms with van der Waals surface area (Å²) in [6.07, 6.45) is 1.02. The first-order chi connectivity index (χ1) is 12.3. The van der Waals surface area contributed by atoms with E-state index in [0.717, 1.165) is 67.0 Å². The van der Waals surface area contributed by atoms with Crippen molar-refractivity contribution in [3.05, 3.63) is 60.2 Å². The number of likely N-dealkylation sites (N-methyl/N-ethyl adjacent to an activating group) is 1. The second kappa shape index (κ2) is 7.94. The highest BCUT2D eigenvalue weighted by atomic mass is 35.5. The number of nitrogens with zero attached hydrogens (tertiary/aromatic N) is 3. The molecule has 0 amide bonds. The van der Waals surface area contributed by atoms with Crippen molar-refractivity contribution in [3.8, 4) is 5.69 Å². The van der Waals surface area contributed by atoms with Crippen molar-refractivity contribution in [3.63, 3.8) is 0 Å². The second-order valence-corrected chi connectivity index (χ2v) is 6.46. The molecule has 0 atom stereocenters. The molecule has 4 nitrogen and oxygen atoms in total. The molecule has 0 spiro atoms. The smallest absolute Gasteiger partial charge is 0.154 e. The number of piperazine rings is 1. The fourth-order valence-electron chi connectivity index (χ4n) is 3.79. The lowest BCUT2D eigenvalue weighted by Gasteiger charge is -2.36. The van der Waals surface area contributed by atoms with Gasteiger partial charge in [0.25, 0.3) is 0 Å². The van der Waals surface area contributed by atoms with Gasteiger partial charge >= 0.3 is 0 Å². The zero-order chi connectivity index (χ0) is 17.2. The fourth-order valence-corrected chi connectivity index (χ4v) is 3.79. The predicted molar refractivity (Wildman–Crippen MR) is 110 cm³/mol. The number of fused-ring (bicyclic) bond motifs is 1. The van der Waals surface area contributed by atoms with Crippen LogP contribution in [0.15, 0.2) is 54.6 Å². The zero-order valence-electron chi connectivity index (χ0n) is 15.0. The monoisotopic (exact) mass is 369 g/mol. The van der Waals surface area contributed by atoms with E-state index < -0.39 is 0 Å².